The predicted octanol–water partition coefficient (Wildman–Crippen LogP) is 1.24. The molecule has 2 aliphatic rings. The second kappa shape index (κ2) is 6.13. The van der Waals surface area contributed by atoms with Crippen molar-refractivity contribution < 1.29 is 18.8 Å². The minimum absolute atomic E-state index is 0.0309. The van der Waals surface area contributed by atoms with E-state index in [2.05, 4.69) is 4.98 Å². The fourth-order valence-corrected chi connectivity index (χ4v) is 2.88. The van der Waals surface area contributed by atoms with E-state index in [1.807, 2.05) is 45.6 Å². The minimum Gasteiger partial charge on any atom is -0.399 e. The van der Waals surface area contributed by atoms with Crippen molar-refractivity contribution in [1.82, 2.24) is 9.88 Å². The van der Waals surface area contributed by atoms with Crippen molar-refractivity contribution in [3.63, 3.8) is 0 Å². The molecule has 3 rings (SSSR count). The van der Waals surface area contributed by atoms with Crippen LogP contribution in [0.25, 0.3) is 0 Å². The minimum atomic E-state index is -0.516. The van der Waals surface area contributed by atoms with E-state index in [4.69, 9.17) is 14.0 Å². The summed E-state index contributed by atoms with van der Waals surface area (Å²) in [5.41, 5.74) is 0.476. The van der Waals surface area contributed by atoms with Crippen molar-refractivity contribution in [3.8, 4) is 0 Å². The summed E-state index contributed by atoms with van der Waals surface area (Å²) in [5, 5.41) is 0. The molecule has 0 N–H and O–H groups in total. The lowest BCUT2D eigenvalue weighted by Gasteiger charge is -2.33. The highest BCUT2D eigenvalue weighted by Crippen LogP contribution is 2.36. The number of aromatic nitrogens is 1. The Balaban J connectivity index is 1.81. The van der Waals surface area contributed by atoms with Crippen molar-refractivity contribution in [2.75, 3.05) is 19.8 Å². The molecule has 6 nitrogen and oxygen atoms in total. The van der Waals surface area contributed by atoms with Crippen LogP contribution in [0.15, 0.2) is 18.5 Å². The SMILES string of the molecule is CC1COCCN1C(=O)c1cncc(B2OC(C)(C)C(C)(C)O2)c1. The molecule has 0 aromatic carbocycles. The van der Waals surface area contributed by atoms with Gasteiger partial charge in [-0.25, -0.2) is 0 Å². The molecule has 1 amide bonds. The van der Waals surface area contributed by atoms with E-state index >= 15 is 0 Å². The highest BCUT2D eigenvalue weighted by molar-refractivity contribution is 6.62. The molecule has 2 saturated heterocycles. The van der Waals surface area contributed by atoms with Gasteiger partial charge in [0.2, 0.25) is 0 Å². The maximum Gasteiger partial charge on any atom is 0.496 e. The molecule has 3 heterocycles. The van der Waals surface area contributed by atoms with Crippen molar-refractivity contribution in [3.05, 3.63) is 24.0 Å². The number of carbonyl (C=O) groups is 1. The van der Waals surface area contributed by atoms with Gasteiger partial charge in [-0.05, 0) is 40.7 Å². The van der Waals surface area contributed by atoms with E-state index in [0.717, 1.165) is 5.46 Å². The summed E-state index contributed by atoms with van der Waals surface area (Å²) in [6.45, 7) is 11.7. The summed E-state index contributed by atoms with van der Waals surface area (Å²) < 4.78 is 17.5. The summed E-state index contributed by atoms with van der Waals surface area (Å²) in [6.07, 6.45) is 3.29. The normalized spacial score (nSPS) is 25.8. The molecule has 24 heavy (non-hydrogen) atoms. The first kappa shape index (κ1) is 17.4. The fraction of sp³-hybridized carbons (Fsp3) is 0.647. The van der Waals surface area contributed by atoms with Crippen LogP contribution in [-0.4, -0.2) is 59.9 Å². The molecule has 0 bridgehead atoms. The Hall–Kier alpha value is -1.44. The zero-order valence-electron chi connectivity index (χ0n) is 15.0. The average Bonchev–Trinajstić information content (AvgIpc) is 2.75. The van der Waals surface area contributed by atoms with Gasteiger partial charge in [-0.3, -0.25) is 9.78 Å². The summed E-state index contributed by atoms with van der Waals surface area (Å²) in [4.78, 5) is 18.8. The molecule has 7 heteroatoms. The van der Waals surface area contributed by atoms with Crippen LogP contribution in [0.5, 0.6) is 0 Å². The Morgan fingerprint density at radius 1 is 1.25 bits per heavy atom. The van der Waals surface area contributed by atoms with Gasteiger partial charge in [-0.2, -0.15) is 0 Å². The van der Waals surface area contributed by atoms with E-state index in [0.29, 0.717) is 25.3 Å². The van der Waals surface area contributed by atoms with Crippen LogP contribution < -0.4 is 5.46 Å². The molecular weight excluding hydrogens is 307 g/mol. The molecule has 0 saturated carbocycles. The zero-order valence-corrected chi connectivity index (χ0v) is 15.0. The molecule has 1 atom stereocenters. The smallest absolute Gasteiger partial charge is 0.399 e. The molecule has 0 spiro atoms. The van der Waals surface area contributed by atoms with Gasteiger partial charge in [0, 0.05) is 24.4 Å². The third-order valence-corrected chi connectivity index (χ3v) is 5.16. The summed E-state index contributed by atoms with van der Waals surface area (Å²) in [5.74, 6) is -0.0309. The topological polar surface area (TPSA) is 60.9 Å². The summed E-state index contributed by atoms with van der Waals surface area (Å²) in [6, 6.07) is 1.88. The van der Waals surface area contributed by atoms with Crippen LogP contribution in [-0.2, 0) is 14.0 Å². The Morgan fingerprint density at radius 3 is 2.54 bits per heavy atom. The lowest BCUT2D eigenvalue weighted by molar-refractivity contribution is 0.00358. The average molecular weight is 332 g/mol. The number of amides is 1. The lowest BCUT2D eigenvalue weighted by Crippen LogP contribution is -2.47. The quantitative estimate of drug-likeness (QED) is 0.763. The van der Waals surface area contributed by atoms with E-state index in [1.54, 1.807) is 12.4 Å². The zero-order chi connectivity index (χ0) is 17.5. The molecule has 1 aromatic rings. The molecule has 0 aliphatic carbocycles. The maximum atomic E-state index is 12.8. The van der Waals surface area contributed by atoms with Crippen molar-refractivity contribution in [2.45, 2.75) is 51.9 Å². The van der Waals surface area contributed by atoms with Gasteiger partial charge in [0.1, 0.15) is 0 Å². The molecule has 130 valence electrons. The maximum absolute atomic E-state index is 12.8. The summed E-state index contributed by atoms with van der Waals surface area (Å²) in [7, 11) is -0.516. The van der Waals surface area contributed by atoms with Gasteiger partial charge in [-0.15, -0.1) is 0 Å². The monoisotopic (exact) mass is 332 g/mol. The second-order valence-electron chi connectivity index (χ2n) is 7.52. The Labute approximate surface area is 143 Å². The van der Waals surface area contributed by atoms with E-state index in [-0.39, 0.29) is 11.9 Å². The standard InChI is InChI=1S/C17H25BN2O4/c1-12-11-22-7-6-20(12)15(21)13-8-14(10-19-9-13)18-23-16(2,3)17(4,5)24-18/h8-10,12H,6-7,11H2,1-5H3. The number of carbonyl (C=O) groups excluding carboxylic acids is 1. The number of rotatable bonds is 2. The third-order valence-electron chi connectivity index (χ3n) is 5.16. The molecule has 2 aliphatic heterocycles. The fourth-order valence-electron chi connectivity index (χ4n) is 2.88. The first-order valence-electron chi connectivity index (χ1n) is 8.40. The van der Waals surface area contributed by atoms with Gasteiger partial charge in [0.25, 0.3) is 5.91 Å². The predicted molar refractivity (Wildman–Crippen MR) is 91.3 cm³/mol. The molecule has 0 radical (unpaired) electrons. The molecule has 1 aromatic heterocycles. The Kier molecular flexibility index (Phi) is 4.44. The van der Waals surface area contributed by atoms with Gasteiger partial charge < -0.3 is 18.9 Å². The third kappa shape index (κ3) is 3.08. The van der Waals surface area contributed by atoms with Crippen LogP contribution in [0.4, 0.5) is 0 Å². The van der Waals surface area contributed by atoms with Crippen molar-refractivity contribution in [1.29, 1.82) is 0 Å². The van der Waals surface area contributed by atoms with Crippen LogP contribution in [0.1, 0.15) is 45.0 Å². The van der Waals surface area contributed by atoms with E-state index in [1.165, 1.54) is 0 Å². The van der Waals surface area contributed by atoms with Crippen LogP contribution in [0, 0.1) is 0 Å². The number of morpholine rings is 1. The van der Waals surface area contributed by atoms with Gasteiger partial charge in [0.05, 0.1) is 36.0 Å². The number of nitrogens with zero attached hydrogens (tertiary/aromatic N) is 2. The number of ether oxygens (including phenoxy) is 1. The number of pyridine rings is 1. The highest BCUT2D eigenvalue weighted by Gasteiger charge is 2.51. The lowest BCUT2D eigenvalue weighted by atomic mass is 9.79. The molecular formula is C17H25BN2O4. The van der Waals surface area contributed by atoms with E-state index < -0.39 is 18.3 Å². The van der Waals surface area contributed by atoms with Crippen molar-refractivity contribution in [2.24, 2.45) is 0 Å². The first-order chi connectivity index (χ1) is 11.2. The Bertz CT molecular complexity index is 619. The number of hydrogen-bond donors (Lipinski definition) is 0. The highest BCUT2D eigenvalue weighted by atomic mass is 16.7. The van der Waals surface area contributed by atoms with Gasteiger partial charge >= 0.3 is 7.12 Å². The van der Waals surface area contributed by atoms with E-state index in [9.17, 15) is 4.79 Å². The number of hydrogen-bond acceptors (Lipinski definition) is 5. The van der Waals surface area contributed by atoms with Crippen LogP contribution >= 0.6 is 0 Å². The van der Waals surface area contributed by atoms with Gasteiger partial charge in [-0.1, -0.05) is 0 Å². The Morgan fingerprint density at radius 2 is 1.92 bits per heavy atom. The molecule has 2 fully saturated rings. The van der Waals surface area contributed by atoms with Gasteiger partial charge in [0.15, 0.2) is 0 Å². The first-order valence-corrected chi connectivity index (χ1v) is 8.40. The summed E-state index contributed by atoms with van der Waals surface area (Å²) >= 11 is 0. The van der Waals surface area contributed by atoms with Crippen molar-refractivity contribution >= 4 is 18.5 Å². The second-order valence-corrected chi connectivity index (χ2v) is 7.52. The van der Waals surface area contributed by atoms with Crippen LogP contribution in [0.3, 0.4) is 0 Å². The molecule has 1 unspecified atom stereocenters. The largest absolute Gasteiger partial charge is 0.496 e. The van der Waals surface area contributed by atoms with Crippen LogP contribution in [0.2, 0.25) is 0 Å².